The van der Waals surface area contributed by atoms with Crippen molar-refractivity contribution in [3.63, 3.8) is 0 Å². The summed E-state index contributed by atoms with van der Waals surface area (Å²) in [5, 5.41) is 2.53. The van der Waals surface area contributed by atoms with Crippen LogP contribution in [0.25, 0.3) is 0 Å². The van der Waals surface area contributed by atoms with Crippen LogP contribution in [0, 0.1) is 18.3 Å². The number of allylic oxidation sites excluding steroid dienone is 2. The number of carbonyl (C=O) groups excluding carboxylic acids is 3. The number of nitrogens with one attached hydrogen (secondary N) is 1. The summed E-state index contributed by atoms with van der Waals surface area (Å²) in [5.41, 5.74) is 5.21. The maximum Gasteiger partial charge on any atom is 0.322 e. The van der Waals surface area contributed by atoms with Crippen LogP contribution in [0.1, 0.15) is 0 Å². The molecule has 2 rings (SSSR count). The van der Waals surface area contributed by atoms with E-state index in [9.17, 15) is 14.4 Å². The Morgan fingerprint density at radius 1 is 1.50 bits per heavy atom. The smallest absolute Gasteiger partial charge is 0.322 e. The van der Waals surface area contributed by atoms with E-state index in [2.05, 4.69) is 11.7 Å². The number of nitrogens with zero attached hydrogens (tertiary/aromatic N) is 1. The van der Waals surface area contributed by atoms with Gasteiger partial charge < -0.3 is 11.1 Å². The lowest BCUT2D eigenvalue weighted by molar-refractivity contribution is -0.129. The average molecular weight is 247 g/mol. The predicted octanol–water partition coefficient (Wildman–Crippen LogP) is -0.538. The van der Waals surface area contributed by atoms with Crippen LogP contribution in [0.3, 0.4) is 0 Å². The first-order valence-corrected chi connectivity index (χ1v) is 5.56. The van der Waals surface area contributed by atoms with Gasteiger partial charge in [0.25, 0.3) is 0 Å². The normalized spacial score (nSPS) is 29.9. The van der Waals surface area contributed by atoms with Gasteiger partial charge in [-0.2, -0.15) is 0 Å². The van der Waals surface area contributed by atoms with Crippen molar-refractivity contribution in [1.82, 2.24) is 10.2 Å². The highest BCUT2D eigenvalue weighted by atomic mass is 16.2. The number of hydrogen-bond donors (Lipinski definition) is 2. The van der Waals surface area contributed by atoms with Crippen LogP contribution < -0.4 is 11.1 Å². The number of fused-ring (bicyclic) bond motifs is 1. The number of amides is 4. The lowest BCUT2D eigenvalue weighted by Crippen LogP contribution is -2.57. The minimum Gasteiger partial charge on any atom is -0.358 e. The number of rotatable bonds is 3. The Hall–Kier alpha value is -2.11. The van der Waals surface area contributed by atoms with Crippen molar-refractivity contribution in [3.8, 4) is 0 Å². The molecule has 1 fully saturated rings. The minimum absolute atomic E-state index is 0.104. The Labute approximate surface area is 104 Å². The van der Waals surface area contributed by atoms with Gasteiger partial charge in [-0.1, -0.05) is 24.3 Å². The maximum absolute atomic E-state index is 11.8. The summed E-state index contributed by atoms with van der Waals surface area (Å²) < 4.78 is 0. The molecule has 1 saturated heterocycles. The van der Waals surface area contributed by atoms with Crippen molar-refractivity contribution in [2.45, 2.75) is 6.04 Å². The summed E-state index contributed by atoms with van der Waals surface area (Å²) in [4.78, 5) is 34.4. The van der Waals surface area contributed by atoms with Crippen LogP contribution in [0.2, 0.25) is 0 Å². The van der Waals surface area contributed by atoms with Gasteiger partial charge in [-0.25, -0.2) is 4.79 Å². The van der Waals surface area contributed by atoms with E-state index < -0.39 is 18.0 Å². The predicted molar refractivity (Wildman–Crippen MR) is 62.8 cm³/mol. The van der Waals surface area contributed by atoms with Gasteiger partial charge in [0.15, 0.2) is 0 Å². The third-order valence-corrected chi connectivity index (χ3v) is 3.10. The molecule has 4 amide bonds. The van der Waals surface area contributed by atoms with Crippen molar-refractivity contribution < 1.29 is 14.4 Å². The zero-order valence-electron chi connectivity index (χ0n) is 9.58. The quantitative estimate of drug-likeness (QED) is 0.656. The Kier molecular flexibility index (Phi) is 3.45. The van der Waals surface area contributed by atoms with Crippen LogP contribution in [0.15, 0.2) is 24.3 Å². The standard InChI is InChI=1S/C12H13N3O3/c13-12(18)15-10-4-2-1-3-9(10)8(5-11(15)17)6-14-7-16/h1-4,7-10H,6H2,(H2,13,18)(H,14,16). The summed E-state index contributed by atoms with van der Waals surface area (Å²) in [7, 11) is 0. The van der Waals surface area contributed by atoms with E-state index in [-0.39, 0.29) is 11.8 Å². The van der Waals surface area contributed by atoms with Crippen molar-refractivity contribution in [2.24, 2.45) is 17.6 Å². The number of carbonyl (C=O) groups is 3. The van der Waals surface area contributed by atoms with Gasteiger partial charge >= 0.3 is 6.03 Å². The van der Waals surface area contributed by atoms with Crippen LogP contribution in [0.5, 0.6) is 0 Å². The highest BCUT2D eigenvalue weighted by Gasteiger charge is 2.42. The third kappa shape index (κ3) is 2.13. The molecule has 6 heteroatoms. The molecule has 2 radical (unpaired) electrons. The molecule has 0 aromatic heterocycles. The summed E-state index contributed by atoms with van der Waals surface area (Å²) in [6, 6.07) is -1.19. The van der Waals surface area contributed by atoms with Gasteiger partial charge in [-0.3, -0.25) is 14.5 Å². The number of likely N-dealkylation sites (tertiary alicyclic amines) is 1. The molecule has 94 valence electrons. The Morgan fingerprint density at radius 3 is 2.89 bits per heavy atom. The maximum atomic E-state index is 11.8. The fourth-order valence-corrected chi connectivity index (χ4v) is 2.31. The molecule has 1 aliphatic heterocycles. The first-order valence-electron chi connectivity index (χ1n) is 5.56. The van der Waals surface area contributed by atoms with Gasteiger partial charge in [-0.05, 0) is 0 Å². The average Bonchev–Trinajstić information content (AvgIpc) is 2.35. The summed E-state index contributed by atoms with van der Waals surface area (Å²) >= 11 is 0. The van der Waals surface area contributed by atoms with Crippen molar-refractivity contribution in [2.75, 3.05) is 6.54 Å². The summed E-state index contributed by atoms with van der Waals surface area (Å²) in [6.45, 7) is 0.307. The molecule has 2 aliphatic rings. The molecule has 0 aromatic rings. The Bertz CT molecular complexity index is 430. The molecular formula is C12H13N3O3. The highest BCUT2D eigenvalue weighted by Crippen LogP contribution is 2.32. The SMILES string of the molecule is NC(=O)N1C(=O)[C]C(CNC=O)C2C=CC=CC21. The fourth-order valence-electron chi connectivity index (χ4n) is 2.31. The van der Waals surface area contributed by atoms with Crippen molar-refractivity contribution >= 4 is 18.3 Å². The van der Waals surface area contributed by atoms with Gasteiger partial charge in [0.05, 0.1) is 12.5 Å². The van der Waals surface area contributed by atoms with E-state index in [4.69, 9.17) is 5.73 Å². The number of imide groups is 1. The third-order valence-electron chi connectivity index (χ3n) is 3.10. The number of urea groups is 1. The second-order valence-electron chi connectivity index (χ2n) is 4.13. The van der Waals surface area contributed by atoms with Crippen LogP contribution in [0.4, 0.5) is 4.79 Å². The molecule has 3 atom stereocenters. The molecule has 6 nitrogen and oxygen atoms in total. The Morgan fingerprint density at radius 2 is 2.22 bits per heavy atom. The zero-order valence-corrected chi connectivity index (χ0v) is 9.58. The van der Waals surface area contributed by atoms with Crippen LogP contribution in [-0.4, -0.2) is 35.8 Å². The topological polar surface area (TPSA) is 92.5 Å². The molecule has 1 heterocycles. The van der Waals surface area contributed by atoms with Gasteiger partial charge in [-0.15, -0.1) is 0 Å². The van der Waals surface area contributed by atoms with E-state index in [1.165, 1.54) is 0 Å². The van der Waals surface area contributed by atoms with Gasteiger partial charge in [0.1, 0.15) is 0 Å². The Balaban J connectivity index is 2.23. The number of hydrogen-bond acceptors (Lipinski definition) is 3. The highest BCUT2D eigenvalue weighted by molar-refractivity contribution is 6.00. The van der Waals surface area contributed by atoms with Crippen molar-refractivity contribution in [1.29, 1.82) is 0 Å². The first kappa shape index (κ1) is 12.3. The van der Waals surface area contributed by atoms with Gasteiger partial charge in [0.2, 0.25) is 12.3 Å². The minimum atomic E-state index is -0.788. The molecule has 1 aliphatic carbocycles. The van der Waals surface area contributed by atoms with E-state index >= 15 is 0 Å². The number of primary amides is 1. The summed E-state index contributed by atoms with van der Waals surface area (Å²) in [5.74, 6) is -0.904. The van der Waals surface area contributed by atoms with E-state index in [1.54, 1.807) is 12.2 Å². The lowest BCUT2D eigenvalue weighted by atomic mass is 9.77. The fraction of sp³-hybridized carbons (Fsp3) is 0.333. The van der Waals surface area contributed by atoms with E-state index in [0.29, 0.717) is 13.0 Å². The summed E-state index contributed by atoms with van der Waals surface area (Å²) in [6.07, 6.45) is 10.5. The second kappa shape index (κ2) is 5.03. The molecule has 0 saturated carbocycles. The molecule has 18 heavy (non-hydrogen) atoms. The second-order valence-corrected chi connectivity index (χ2v) is 4.13. The molecule has 3 unspecified atom stereocenters. The molecular weight excluding hydrogens is 234 g/mol. The number of piperidine rings is 1. The van der Waals surface area contributed by atoms with Crippen LogP contribution >= 0.6 is 0 Å². The van der Waals surface area contributed by atoms with Crippen molar-refractivity contribution in [3.05, 3.63) is 30.7 Å². The molecule has 0 bridgehead atoms. The molecule has 0 aromatic carbocycles. The molecule has 0 spiro atoms. The van der Waals surface area contributed by atoms with Crippen LogP contribution in [-0.2, 0) is 9.59 Å². The monoisotopic (exact) mass is 247 g/mol. The zero-order chi connectivity index (χ0) is 13.1. The molecule has 3 N–H and O–H groups in total. The lowest BCUT2D eigenvalue weighted by Gasteiger charge is -2.41. The number of nitrogens with two attached hydrogens (primary N) is 1. The van der Waals surface area contributed by atoms with E-state index in [1.807, 2.05) is 12.2 Å². The first-order chi connectivity index (χ1) is 8.65. The van der Waals surface area contributed by atoms with E-state index in [0.717, 1.165) is 4.90 Å². The largest absolute Gasteiger partial charge is 0.358 e. The van der Waals surface area contributed by atoms with Gasteiger partial charge in [0, 0.05) is 18.4 Å².